The predicted molar refractivity (Wildman–Crippen MR) is 98.1 cm³/mol. The minimum Gasteiger partial charge on any atom is -0.465 e. The van der Waals surface area contributed by atoms with Crippen LogP contribution in [0, 0.1) is 6.57 Å². The van der Waals surface area contributed by atoms with Crippen LogP contribution < -0.4 is 0 Å². The highest BCUT2D eigenvalue weighted by atomic mass is 16.5. The Hall–Kier alpha value is -3.67. The molecular formula is C19H18N4O5. The Labute approximate surface area is 160 Å². The van der Waals surface area contributed by atoms with Gasteiger partial charge in [0.25, 0.3) is 0 Å². The largest absolute Gasteiger partial charge is 0.465 e. The Morgan fingerprint density at radius 2 is 1.82 bits per heavy atom. The van der Waals surface area contributed by atoms with Crippen LogP contribution in [-0.2, 0) is 14.3 Å². The lowest BCUT2D eigenvalue weighted by Crippen LogP contribution is -2.40. The van der Waals surface area contributed by atoms with Crippen molar-refractivity contribution in [1.82, 2.24) is 14.8 Å². The van der Waals surface area contributed by atoms with E-state index in [1.165, 1.54) is 21.0 Å². The van der Waals surface area contributed by atoms with Crippen LogP contribution in [0.15, 0.2) is 24.3 Å². The molecule has 0 saturated carbocycles. The summed E-state index contributed by atoms with van der Waals surface area (Å²) in [6.45, 7) is 9.42. The maximum Gasteiger partial charge on any atom is 0.340 e. The minimum atomic E-state index is -1.01. The van der Waals surface area contributed by atoms with Gasteiger partial charge in [-0.3, -0.25) is 19.4 Å². The zero-order valence-corrected chi connectivity index (χ0v) is 15.6. The van der Waals surface area contributed by atoms with Crippen LogP contribution in [-0.4, -0.2) is 58.3 Å². The second-order valence-corrected chi connectivity index (χ2v) is 6.36. The molecule has 9 heteroatoms. The topological polar surface area (TPSA) is 104 Å². The number of benzene rings is 1. The Bertz CT molecular complexity index is 1030. The van der Waals surface area contributed by atoms with Gasteiger partial charge in [0.05, 0.1) is 18.4 Å². The summed E-state index contributed by atoms with van der Waals surface area (Å²) in [6.07, 6.45) is 0. The van der Waals surface area contributed by atoms with Gasteiger partial charge in [-0.2, -0.15) is 0 Å². The molecule has 2 heterocycles. The van der Waals surface area contributed by atoms with E-state index in [-0.39, 0.29) is 17.8 Å². The summed E-state index contributed by atoms with van der Waals surface area (Å²) >= 11 is 0. The van der Waals surface area contributed by atoms with E-state index in [0.717, 1.165) is 9.80 Å². The third-order valence-corrected chi connectivity index (χ3v) is 4.76. The molecule has 0 spiro atoms. The Morgan fingerprint density at radius 3 is 2.39 bits per heavy atom. The van der Waals surface area contributed by atoms with Crippen LogP contribution in [0.5, 0.6) is 0 Å². The van der Waals surface area contributed by atoms with Gasteiger partial charge in [0.2, 0.25) is 18.4 Å². The highest BCUT2D eigenvalue weighted by molar-refractivity contribution is 6.08. The fraction of sp³-hybridized carbons (Fsp3) is 0.316. The summed E-state index contributed by atoms with van der Waals surface area (Å²) in [4.78, 5) is 57.9. The van der Waals surface area contributed by atoms with Gasteiger partial charge >= 0.3 is 12.0 Å². The predicted octanol–water partition coefficient (Wildman–Crippen LogP) is 2.11. The van der Waals surface area contributed by atoms with E-state index in [4.69, 9.17) is 11.3 Å². The number of urea groups is 1. The molecular weight excluding hydrogens is 364 g/mol. The number of aromatic nitrogens is 1. The quantitative estimate of drug-likeness (QED) is 0.647. The fourth-order valence-electron chi connectivity index (χ4n) is 3.69. The molecule has 2 atom stereocenters. The lowest BCUT2D eigenvalue weighted by Gasteiger charge is -2.22. The van der Waals surface area contributed by atoms with Gasteiger partial charge in [-0.1, -0.05) is 18.2 Å². The molecule has 2 aromatic rings. The summed E-state index contributed by atoms with van der Waals surface area (Å²) in [6, 6.07) is 4.22. The number of hydrogen-bond acceptors (Lipinski definition) is 5. The lowest BCUT2D eigenvalue weighted by molar-refractivity contribution is -0.127. The van der Waals surface area contributed by atoms with E-state index in [2.05, 4.69) is 9.83 Å². The van der Waals surface area contributed by atoms with E-state index in [9.17, 15) is 19.2 Å². The van der Waals surface area contributed by atoms with Gasteiger partial charge in [-0.25, -0.2) is 16.2 Å². The zero-order valence-electron chi connectivity index (χ0n) is 15.6. The van der Waals surface area contributed by atoms with Gasteiger partial charge in [-0.15, -0.1) is 0 Å². The first-order valence-electron chi connectivity index (χ1n) is 8.49. The number of fused-ring (bicyclic) bond motifs is 1. The van der Waals surface area contributed by atoms with Crippen LogP contribution in [0.25, 0.3) is 15.7 Å². The molecule has 0 aliphatic carbocycles. The molecule has 0 bridgehead atoms. The molecule has 1 aromatic carbocycles. The molecule has 1 aliphatic heterocycles. The van der Waals surface area contributed by atoms with Crippen LogP contribution in [0.3, 0.4) is 0 Å². The van der Waals surface area contributed by atoms with Crippen molar-refractivity contribution >= 4 is 34.7 Å². The van der Waals surface area contributed by atoms with Crippen LogP contribution in [0.2, 0.25) is 0 Å². The number of hydrogen-bond donors (Lipinski definition) is 1. The SMILES string of the molecule is [C-]#[N+]C[C@@H]1[C@@H](c2[nH]c3ccccc3c2C(=O)OC)N(C(C)=O)C(=O)N1C(C)=O. The van der Waals surface area contributed by atoms with Crippen molar-refractivity contribution in [2.45, 2.75) is 25.9 Å². The summed E-state index contributed by atoms with van der Waals surface area (Å²) in [5.74, 6) is -1.82. The number of amides is 4. The van der Waals surface area contributed by atoms with Crippen LogP contribution >= 0.6 is 0 Å². The number of carbonyl (C=O) groups excluding carboxylic acids is 4. The number of nitrogens with one attached hydrogen (secondary N) is 1. The van der Waals surface area contributed by atoms with Crippen LogP contribution in [0.4, 0.5) is 4.79 Å². The van der Waals surface area contributed by atoms with Gasteiger partial charge < -0.3 is 14.6 Å². The number of imide groups is 2. The van der Waals surface area contributed by atoms with E-state index >= 15 is 0 Å². The number of rotatable bonds is 3. The number of esters is 1. The molecule has 3 rings (SSSR count). The summed E-state index contributed by atoms with van der Waals surface area (Å²) in [5.41, 5.74) is 1.04. The maximum absolute atomic E-state index is 12.8. The van der Waals surface area contributed by atoms with Crippen molar-refractivity contribution < 1.29 is 23.9 Å². The first kappa shape index (κ1) is 19.1. The summed E-state index contributed by atoms with van der Waals surface area (Å²) in [5, 5.41) is 0.558. The molecule has 0 radical (unpaired) electrons. The number of nitrogens with zero attached hydrogens (tertiary/aromatic N) is 3. The average Bonchev–Trinajstić information content (AvgIpc) is 3.16. The minimum absolute atomic E-state index is 0.169. The molecule has 1 saturated heterocycles. The Balaban J connectivity index is 2.31. The van der Waals surface area contributed by atoms with Crippen molar-refractivity contribution in [3.05, 3.63) is 46.9 Å². The molecule has 28 heavy (non-hydrogen) atoms. The highest BCUT2D eigenvalue weighted by Gasteiger charge is 2.53. The number of ether oxygens (including phenoxy) is 1. The molecule has 0 unspecified atom stereocenters. The molecule has 144 valence electrons. The number of para-hydroxylation sites is 1. The van der Waals surface area contributed by atoms with Crippen LogP contribution in [0.1, 0.15) is 35.9 Å². The summed E-state index contributed by atoms with van der Waals surface area (Å²) in [7, 11) is 1.23. The average molecular weight is 382 g/mol. The maximum atomic E-state index is 12.8. The summed E-state index contributed by atoms with van der Waals surface area (Å²) < 4.78 is 4.91. The monoisotopic (exact) mass is 382 g/mol. The molecule has 4 amide bonds. The van der Waals surface area contributed by atoms with Gasteiger partial charge in [-0.05, 0) is 6.07 Å². The first-order chi connectivity index (χ1) is 13.3. The van der Waals surface area contributed by atoms with Crippen molar-refractivity contribution in [2.24, 2.45) is 0 Å². The smallest absolute Gasteiger partial charge is 0.340 e. The van der Waals surface area contributed by atoms with E-state index < -0.39 is 35.9 Å². The van der Waals surface area contributed by atoms with Crippen molar-refractivity contribution in [2.75, 3.05) is 13.7 Å². The van der Waals surface area contributed by atoms with Crippen molar-refractivity contribution in [3.63, 3.8) is 0 Å². The third kappa shape index (κ3) is 2.79. The second kappa shape index (κ2) is 7.15. The molecule has 1 aliphatic rings. The lowest BCUT2D eigenvalue weighted by atomic mass is 9.99. The van der Waals surface area contributed by atoms with Crippen molar-refractivity contribution in [3.8, 4) is 0 Å². The molecule has 9 nitrogen and oxygen atoms in total. The van der Waals surface area contributed by atoms with E-state index in [0.29, 0.717) is 10.9 Å². The Morgan fingerprint density at radius 1 is 1.18 bits per heavy atom. The first-order valence-corrected chi connectivity index (χ1v) is 8.49. The second-order valence-electron chi connectivity index (χ2n) is 6.36. The van der Waals surface area contributed by atoms with Gasteiger partial charge in [0, 0.05) is 24.8 Å². The van der Waals surface area contributed by atoms with Gasteiger partial charge in [0.1, 0.15) is 12.1 Å². The number of H-pyrrole nitrogens is 1. The van der Waals surface area contributed by atoms with E-state index in [1.807, 2.05) is 0 Å². The standard InChI is InChI=1S/C19H18N4O5/c1-10(24)22-14(9-20-3)17(23(11(2)25)19(22)27)16-15(18(26)28-4)12-7-5-6-8-13(12)21-16/h5-8,14,17,21H,9H2,1-2,4H3/t14-,17+/m1/s1. The molecule has 1 aromatic heterocycles. The fourth-order valence-corrected chi connectivity index (χ4v) is 3.69. The normalized spacial score (nSPS) is 19.0. The third-order valence-electron chi connectivity index (χ3n) is 4.76. The molecule has 1 fully saturated rings. The number of carbonyl (C=O) groups is 4. The zero-order chi connectivity index (χ0) is 20.6. The highest BCUT2D eigenvalue weighted by Crippen LogP contribution is 2.39. The Kier molecular flexibility index (Phi) is 4.88. The molecule has 1 N–H and O–H groups in total. The van der Waals surface area contributed by atoms with Crippen molar-refractivity contribution in [1.29, 1.82) is 0 Å². The van der Waals surface area contributed by atoms with Gasteiger partial charge in [0.15, 0.2) is 0 Å². The number of aromatic amines is 1. The van der Waals surface area contributed by atoms with E-state index in [1.54, 1.807) is 24.3 Å². The number of methoxy groups -OCH3 is 1.